The molecule has 1 aromatic rings. The van der Waals surface area contributed by atoms with Gasteiger partial charge in [0.2, 0.25) is 5.91 Å². The van der Waals surface area contributed by atoms with Crippen molar-refractivity contribution in [2.24, 2.45) is 5.41 Å². The number of amides is 1. The van der Waals surface area contributed by atoms with Gasteiger partial charge in [-0.25, -0.2) is 0 Å². The minimum atomic E-state index is -0.297. The maximum Gasteiger partial charge on any atom is 0.228 e. The van der Waals surface area contributed by atoms with Crippen molar-refractivity contribution in [1.82, 2.24) is 4.90 Å². The molecule has 0 radical (unpaired) electrons. The molecule has 0 saturated carbocycles. The van der Waals surface area contributed by atoms with Crippen molar-refractivity contribution in [1.29, 1.82) is 0 Å². The summed E-state index contributed by atoms with van der Waals surface area (Å²) in [6, 6.07) is 11.2. The number of piperazine rings is 1. The van der Waals surface area contributed by atoms with Crippen LogP contribution in [0, 0.1) is 5.41 Å². The van der Waals surface area contributed by atoms with E-state index in [0.29, 0.717) is 12.1 Å². The molecule has 0 N–H and O–H groups in total. The molecule has 1 aromatic carbocycles. The third-order valence-electron chi connectivity index (χ3n) is 3.90. The van der Waals surface area contributed by atoms with Gasteiger partial charge in [-0.15, -0.1) is 0 Å². The average Bonchev–Trinajstić information content (AvgIpc) is 2.37. The van der Waals surface area contributed by atoms with E-state index >= 15 is 0 Å². The lowest BCUT2D eigenvalue weighted by atomic mass is 9.93. The van der Waals surface area contributed by atoms with Gasteiger partial charge >= 0.3 is 0 Å². The van der Waals surface area contributed by atoms with E-state index in [2.05, 4.69) is 43.0 Å². The van der Waals surface area contributed by atoms with Crippen LogP contribution in [-0.4, -0.2) is 36.0 Å². The highest BCUT2D eigenvalue weighted by Crippen LogP contribution is 2.27. The van der Waals surface area contributed by atoms with Crippen molar-refractivity contribution in [2.75, 3.05) is 18.0 Å². The Morgan fingerprint density at radius 1 is 1.05 bits per heavy atom. The highest BCUT2D eigenvalue weighted by Gasteiger charge is 2.35. The van der Waals surface area contributed by atoms with Crippen LogP contribution in [0.4, 0.5) is 5.69 Å². The fourth-order valence-electron chi connectivity index (χ4n) is 3.07. The summed E-state index contributed by atoms with van der Waals surface area (Å²) in [4.78, 5) is 16.9. The molecule has 0 bridgehead atoms. The normalized spacial score (nSPS) is 23.9. The lowest BCUT2D eigenvalue weighted by molar-refractivity contribution is -0.140. The van der Waals surface area contributed by atoms with E-state index < -0.39 is 0 Å². The number of rotatable bonds is 1. The number of carbonyl (C=O) groups excluding carboxylic acids is 1. The second-order valence-corrected chi connectivity index (χ2v) is 6.90. The van der Waals surface area contributed by atoms with Crippen LogP contribution >= 0.6 is 0 Å². The van der Waals surface area contributed by atoms with E-state index in [1.165, 1.54) is 5.69 Å². The van der Waals surface area contributed by atoms with E-state index in [1.807, 2.05) is 31.7 Å². The quantitative estimate of drug-likeness (QED) is 0.785. The molecule has 3 nitrogen and oxygen atoms in total. The summed E-state index contributed by atoms with van der Waals surface area (Å²) in [5, 5.41) is 0. The minimum Gasteiger partial charge on any atom is -0.363 e. The standard InChI is InChI=1S/C17H26N2O/c1-13-11-18(16(20)17(3,4)5)12-14(2)19(13)15-9-7-6-8-10-15/h6-10,13-14H,11-12H2,1-5H3. The number of hydrogen-bond donors (Lipinski definition) is 0. The molecule has 1 aliphatic heterocycles. The van der Waals surface area contributed by atoms with Crippen LogP contribution in [0.3, 0.4) is 0 Å². The molecule has 1 amide bonds. The molecular weight excluding hydrogens is 248 g/mol. The summed E-state index contributed by atoms with van der Waals surface area (Å²) in [6.45, 7) is 12.0. The molecule has 110 valence electrons. The van der Waals surface area contributed by atoms with Crippen LogP contribution < -0.4 is 4.90 Å². The number of hydrogen-bond acceptors (Lipinski definition) is 2. The first-order chi connectivity index (χ1) is 9.30. The van der Waals surface area contributed by atoms with Crippen molar-refractivity contribution < 1.29 is 4.79 Å². The lowest BCUT2D eigenvalue weighted by Crippen LogP contribution is -2.59. The molecule has 2 unspecified atom stereocenters. The van der Waals surface area contributed by atoms with Crippen LogP contribution in [0.2, 0.25) is 0 Å². The first kappa shape index (κ1) is 14.9. The van der Waals surface area contributed by atoms with E-state index in [0.717, 1.165) is 13.1 Å². The highest BCUT2D eigenvalue weighted by atomic mass is 16.2. The Morgan fingerprint density at radius 3 is 2.00 bits per heavy atom. The zero-order valence-corrected chi connectivity index (χ0v) is 13.3. The zero-order valence-electron chi connectivity index (χ0n) is 13.3. The molecule has 2 rings (SSSR count). The lowest BCUT2D eigenvalue weighted by Gasteiger charge is -2.47. The topological polar surface area (TPSA) is 23.6 Å². The van der Waals surface area contributed by atoms with Gasteiger partial charge in [-0.05, 0) is 26.0 Å². The third-order valence-corrected chi connectivity index (χ3v) is 3.90. The summed E-state index contributed by atoms with van der Waals surface area (Å²) in [7, 11) is 0. The largest absolute Gasteiger partial charge is 0.363 e. The van der Waals surface area contributed by atoms with Crippen LogP contribution in [0.5, 0.6) is 0 Å². The Hall–Kier alpha value is -1.51. The Bertz CT molecular complexity index is 452. The van der Waals surface area contributed by atoms with Gasteiger partial charge < -0.3 is 9.80 Å². The predicted molar refractivity (Wildman–Crippen MR) is 83.9 cm³/mol. The van der Waals surface area contributed by atoms with E-state index in [9.17, 15) is 4.79 Å². The Balaban J connectivity index is 2.15. The number of carbonyl (C=O) groups is 1. The van der Waals surface area contributed by atoms with Crippen molar-refractivity contribution >= 4 is 11.6 Å². The number of benzene rings is 1. The Morgan fingerprint density at radius 2 is 1.55 bits per heavy atom. The maximum atomic E-state index is 12.5. The summed E-state index contributed by atoms with van der Waals surface area (Å²) < 4.78 is 0. The van der Waals surface area contributed by atoms with Gasteiger partial charge in [-0.1, -0.05) is 39.0 Å². The minimum absolute atomic E-state index is 0.254. The second-order valence-electron chi connectivity index (χ2n) is 6.90. The fourth-order valence-corrected chi connectivity index (χ4v) is 3.07. The van der Waals surface area contributed by atoms with E-state index in [1.54, 1.807) is 0 Å². The number of anilines is 1. The van der Waals surface area contributed by atoms with Gasteiger partial charge in [0, 0.05) is 36.3 Å². The van der Waals surface area contributed by atoms with Crippen molar-refractivity contribution in [3.8, 4) is 0 Å². The number of para-hydroxylation sites is 1. The molecule has 1 heterocycles. The van der Waals surface area contributed by atoms with E-state index in [-0.39, 0.29) is 11.3 Å². The Labute approximate surface area is 122 Å². The monoisotopic (exact) mass is 274 g/mol. The van der Waals surface area contributed by atoms with Crippen LogP contribution in [-0.2, 0) is 4.79 Å². The molecule has 20 heavy (non-hydrogen) atoms. The molecule has 0 aliphatic carbocycles. The number of nitrogens with zero attached hydrogens (tertiary/aromatic N) is 2. The Kier molecular flexibility index (Phi) is 4.07. The first-order valence-electron chi connectivity index (χ1n) is 7.43. The van der Waals surface area contributed by atoms with Crippen molar-refractivity contribution in [2.45, 2.75) is 46.7 Å². The smallest absolute Gasteiger partial charge is 0.228 e. The molecule has 0 spiro atoms. The molecule has 3 heteroatoms. The van der Waals surface area contributed by atoms with Crippen LogP contribution in [0.1, 0.15) is 34.6 Å². The highest BCUT2D eigenvalue weighted by molar-refractivity contribution is 5.82. The van der Waals surface area contributed by atoms with E-state index in [4.69, 9.17) is 0 Å². The summed E-state index contributed by atoms with van der Waals surface area (Å²) in [5.41, 5.74) is 0.948. The zero-order chi connectivity index (χ0) is 14.9. The van der Waals surface area contributed by atoms with Gasteiger partial charge in [0.05, 0.1) is 0 Å². The SMILES string of the molecule is CC1CN(C(=O)C(C)(C)C)CC(C)N1c1ccccc1. The molecule has 0 aromatic heterocycles. The van der Waals surface area contributed by atoms with Crippen LogP contribution in [0.25, 0.3) is 0 Å². The fraction of sp³-hybridized carbons (Fsp3) is 0.588. The van der Waals surface area contributed by atoms with Gasteiger partial charge in [-0.2, -0.15) is 0 Å². The van der Waals surface area contributed by atoms with Crippen molar-refractivity contribution in [3.63, 3.8) is 0 Å². The van der Waals surface area contributed by atoms with Gasteiger partial charge in [0.25, 0.3) is 0 Å². The third kappa shape index (κ3) is 2.97. The predicted octanol–water partition coefficient (Wildman–Crippen LogP) is 3.16. The molecule has 1 aliphatic rings. The van der Waals surface area contributed by atoms with Crippen LogP contribution in [0.15, 0.2) is 30.3 Å². The molecule has 1 saturated heterocycles. The summed E-state index contributed by atoms with van der Waals surface area (Å²) in [5.74, 6) is 0.254. The molecule has 1 fully saturated rings. The summed E-state index contributed by atoms with van der Waals surface area (Å²) >= 11 is 0. The summed E-state index contributed by atoms with van der Waals surface area (Å²) in [6.07, 6.45) is 0. The average molecular weight is 274 g/mol. The molecular formula is C17H26N2O. The van der Waals surface area contributed by atoms with Gasteiger partial charge in [-0.3, -0.25) is 4.79 Å². The first-order valence-corrected chi connectivity index (χ1v) is 7.43. The van der Waals surface area contributed by atoms with Gasteiger partial charge in [0.15, 0.2) is 0 Å². The second kappa shape index (κ2) is 5.47. The maximum absolute atomic E-state index is 12.5. The van der Waals surface area contributed by atoms with Gasteiger partial charge in [0.1, 0.15) is 0 Å². The molecule has 2 atom stereocenters. The van der Waals surface area contributed by atoms with Crippen molar-refractivity contribution in [3.05, 3.63) is 30.3 Å².